The number of nitrogens with one attached hydrogen (secondary N) is 1. The van der Waals surface area contributed by atoms with E-state index in [-0.39, 0.29) is 10.9 Å². The Hall–Kier alpha value is -1.81. The zero-order chi connectivity index (χ0) is 18.7. The molecule has 0 amide bonds. The third kappa shape index (κ3) is 5.60. The maximum absolute atomic E-state index is 12.8. The molecule has 0 spiro atoms. The highest BCUT2D eigenvalue weighted by Gasteiger charge is 2.22. The molecule has 2 aromatic rings. The van der Waals surface area contributed by atoms with Gasteiger partial charge in [0, 0.05) is 25.4 Å². The summed E-state index contributed by atoms with van der Waals surface area (Å²) in [5, 5.41) is 0. The van der Waals surface area contributed by atoms with Crippen LogP contribution in [-0.4, -0.2) is 21.1 Å². The molecule has 0 radical (unpaired) electrons. The van der Waals surface area contributed by atoms with Crippen LogP contribution in [-0.2, 0) is 17.1 Å². The predicted octanol–water partition coefficient (Wildman–Crippen LogP) is 3.62. The lowest BCUT2D eigenvalue weighted by molar-refractivity contribution is 0.548. The Kier molecular flexibility index (Phi) is 5.94. The number of rotatable bonds is 5. The molecular weight excluding hydrogens is 348 g/mol. The van der Waals surface area contributed by atoms with Crippen LogP contribution < -0.4 is 4.72 Å². The van der Waals surface area contributed by atoms with Crippen LogP contribution in [0.4, 0.5) is 0 Å². The van der Waals surface area contributed by atoms with Crippen LogP contribution >= 0.6 is 0 Å². The van der Waals surface area contributed by atoms with E-state index in [0.717, 1.165) is 11.3 Å². The highest BCUT2D eigenvalue weighted by atomic mass is 32.2. The van der Waals surface area contributed by atoms with E-state index in [2.05, 4.69) is 35.8 Å². The standard InChI is InChI=1S/C19H26N2O2SSi/c1-16-10-12-17(13-11-16)24(22,23)20-18(8-7-15-25(3,4)5)19-9-6-14-21(19)2/h6,9-14,18,20H,8H2,1-5H3. The highest BCUT2D eigenvalue weighted by Crippen LogP contribution is 2.21. The molecule has 0 bridgehead atoms. The molecule has 134 valence electrons. The third-order valence-electron chi connectivity index (χ3n) is 3.74. The first-order valence-electron chi connectivity index (χ1n) is 8.29. The van der Waals surface area contributed by atoms with Crippen molar-refractivity contribution in [1.82, 2.24) is 9.29 Å². The van der Waals surface area contributed by atoms with Crippen LogP contribution in [0, 0.1) is 18.4 Å². The van der Waals surface area contributed by atoms with Gasteiger partial charge in [-0.3, -0.25) is 0 Å². The molecule has 1 aromatic heterocycles. The fourth-order valence-corrected chi connectivity index (χ4v) is 4.28. The number of aryl methyl sites for hydroxylation is 2. The predicted molar refractivity (Wildman–Crippen MR) is 105 cm³/mol. The monoisotopic (exact) mass is 374 g/mol. The second-order valence-electron chi connectivity index (χ2n) is 7.29. The molecule has 1 atom stereocenters. The summed E-state index contributed by atoms with van der Waals surface area (Å²) in [6.07, 6.45) is 2.36. The third-order valence-corrected chi connectivity index (χ3v) is 6.15. The van der Waals surface area contributed by atoms with Crippen LogP contribution in [0.25, 0.3) is 0 Å². The van der Waals surface area contributed by atoms with Crippen molar-refractivity contribution in [2.24, 2.45) is 7.05 Å². The maximum Gasteiger partial charge on any atom is 0.241 e. The second-order valence-corrected chi connectivity index (χ2v) is 13.8. The average Bonchev–Trinajstić information content (AvgIpc) is 2.91. The summed E-state index contributed by atoms with van der Waals surface area (Å²) in [7, 11) is -3.19. The van der Waals surface area contributed by atoms with Crippen LogP contribution in [0.3, 0.4) is 0 Å². The fraction of sp³-hybridized carbons (Fsp3) is 0.368. The van der Waals surface area contributed by atoms with Gasteiger partial charge in [-0.1, -0.05) is 37.3 Å². The van der Waals surface area contributed by atoms with E-state index < -0.39 is 18.1 Å². The van der Waals surface area contributed by atoms with Gasteiger partial charge in [0.15, 0.2) is 0 Å². The molecule has 0 saturated carbocycles. The Labute approximate surface area is 152 Å². The first-order chi connectivity index (χ1) is 11.6. The molecule has 4 nitrogen and oxygen atoms in total. The largest absolute Gasteiger partial charge is 0.353 e. The Morgan fingerprint density at radius 2 is 1.80 bits per heavy atom. The molecule has 1 unspecified atom stereocenters. The molecular formula is C19H26N2O2SSi. The molecule has 0 fully saturated rings. The molecule has 2 rings (SSSR count). The SMILES string of the molecule is Cc1ccc(S(=O)(=O)NC(CC#C[Si](C)(C)C)c2cccn2C)cc1. The van der Waals surface area contributed by atoms with Gasteiger partial charge in [-0.15, -0.1) is 11.5 Å². The number of hydrogen-bond acceptors (Lipinski definition) is 2. The van der Waals surface area contributed by atoms with Crippen molar-refractivity contribution < 1.29 is 8.42 Å². The first kappa shape index (κ1) is 19.5. The van der Waals surface area contributed by atoms with Crippen LogP contribution in [0.1, 0.15) is 23.7 Å². The van der Waals surface area contributed by atoms with Crippen LogP contribution in [0.2, 0.25) is 19.6 Å². The van der Waals surface area contributed by atoms with Crippen molar-refractivity contribution in [1.29, 1.82) is 0 Å². The molecule has 6 heteroatoms. The molecule has 0 saturated heterocycles. The van der Waals surface area contributed by atoms with Crippen LogP contribution in [0.5, 0.6) is 0 Å². The molecule has 1 aromatic carbocycles. The molecule has 0 aliphatic heterocycles. The van der Waals surface area contributed by atoms with Crippen molar-refractivity contribution in [3.8, 4) is 11.5 Å². The van der Waals surface area contributed by atoms with Gasteiger partial charge in [0.05, 0.1) is 10.9 Å². The Morgan fingerprint density at radius 1 is 1.16 bits per heavy atom. The van der Waals surface area contributed by atoms with E-state index in [1.807, 2.05) is 36.9 Å². The number of hydrogen-bond donors (Lipinski definition) is 1. The summed E-state index contributed by atoms with van der Waals surface area (Å²) in [6, 6.07) is 10.3. The van der Waals surface area contributed by atoms with Gasteiger partial charge in [0.2, 0.25) is 10.0 Å². The van der Waals surface area contributed by atoms with Crippen molar-refractivity contribution in [3.05, 3.63) is 53.9 Å². The highest BCUT2D eigenvalue weighted by molar-refractivity contribution is 7.89. The Bertz CT molecular complexity index is 882. The van der Waals surface area contributed by atoms with E-state index in [1.165, 1.54) is 0 Å². The summed E-state index contributed by atoms with van der Waals surface area (Å²) in [4.78, 5) is 0.274. The summed E-state index contributed by atoms with van der Waals surface area (Å²) in [5.74, 6) is 3.20. The molecule has 0 aliphatic carbocycles. The maximum atomic E-state index is 12.8. The van der Waals surface area contributed by atoms with Crippen molar-refractivity contribution >= 4 is 18.1 Å². The zero-order valence-electron chi connectivity index (χ0n) is 15.5. The number of benzene rings is 1. The summed E-state index contributed by atoms with van der Waals surface area (Å²) >= 11 is 0. The lowest BCUT2D eigenvalue weighted by Crippen LogP contribution is -2.30. The van der Waals surface area contributed by atoms with Gasteiger partial charge in [0.25, 0.3) is 0 Å². The minimum Gasteiger partial charge on any atom is -0.353 e. The van der Waals surface area contributed by atoms with E-state index >= 15 is 0 Å². The second kappa shape index (κ2) is 7.61. The molecule has 25 heavy (non-hydrogen) atoms. The number of aromatic nitrogens is 1. The quantitative estimate of drug-likeness (QED) is 0.642. The molecule has 1 heterocycles. The van der Waals surface area contributed by atoms with Gasteiger partial charge < -0.3 is 4.57 Å². The normalized spacial score (nSPS) is 13.2. The van der Waals surface area contributed by atoms with E-state index in [0.29, 0.717) is 6.42 Å². The molecule has 0 aliphatic rings. The Balaban J connectivity index is 2.30. The van der Waals surface area contributed by atoms with Crippen molar-refractivity contribution in [3.63, 3.8) is 0 Å². The van der Waals surface area contributed by atoms with Gasteiger partial charge >= 0.3 is 0 Å². The zero-order valence-corrected chi connectivity index (χ0v) is 17.3. The van der Waals surface area contributed by atoms with Crippen molar-refractivity contribution in [2.75, 3.05) is 0 Å². The summed E-state index contributed by atoms with van der Waals surface area (Å²) < 4.78 is 30.3. The van der Waals surface area contributed by atoms with Crippen molar-refractivity contribution in [2.45, 2.75) is 43.9 Å². The summed E-state index contributed by atoms with van der Waals surface area (Å²) in [6.45, 7) is 8.46. The minimum atomic E-state index is -3.60. The number of nitrogens with zero attached hydrogens (tertiary/aromatic N) is 1. The summed E-state index contributed by atoms with van der Waals surface area (Å²) in [5.41, 5.74) is 5.24. The minimum absolute atomic E-state index is 0.274. The van der Waals surface area contributed by atoms with E-state index in [1.54, 1.807) is 24.3 Å². The van der Waals surface area contributed by atoms with Gasteiger partial charge in [-0.2, -0.15) is 0 Å². The van der Waals surface area contributed by atoms with E-state index in [4.69, 9.17) is 0 Å². The first-order valence-corrected chi connectivity index (χ1v) is 13.3. The lowest BCUT2D eigenvalue weighted by Gasteiger charge is -2.18. The topological polar surface area (TPSA) is 51.1 Å². The smallest absolute Gasteiger partial charge is 0.241 e. The molecule has 1 N–H and O–H groups in total. The fourth-order valence-electron chi connectivity index (χ4n) is 2.43. The van der Waals surface area contributed by atoms with Gasteiger partial charge in [0.1, 0.15) is 8.07 Å². The number of sulfonamides is 1. The lowest BCUT2D eigenvalue weighted by atomic mass is 10.1. The Morgan fingerprint density at radius 3 is 2.32 bits per heavy atom. The average molecular weight is 375 g/mol. The van der Waals surface area contributed by atoms with Crippen LogP contribution in [0.15, 0.2) is 47.5 Å². The van der Waals surface area contributed by atoms with Gasteiger partial charge in [-0.05, 0) is 31.2 Å². The van der Waals surface area contributed by atoms with E-state index in [9.17, 15) is 8.42 Å². The van der Waals surface area contributed by atoms with Gasteiger partial charge in [-0.25, -0.2) is 13.1 Å².